The van der Waals surface area contributed by atoms with Gasteiger partial charge in [-0.15, -0.1) is 0 Å². The maximum absolute atomic E-state index is 8.99. The van der Waals surface area contributed by atoms with Crippen LogP contribution in [-0.4, -0.2) is 42.9 Å². The molecule has 0 aliphatic rings. The summed E-state index contributed by atoms with van der Waals surface area (Å²) in [5, 5.41) is 17.6. The molecule has 0 spiro atoms. The summed E-state index contributed by atoms with van der Waals surface area (Å²) in [6.45, 7) is 3.47. The van der Waals surface area contributed by atoms with Crippen LogP contribution in [-0.2, 0) is 6.42 Å². The highest BCUT2D eigenvalue weighted by Gasteiger charge is 2.06. The summed E-state index contributed by atoms with van der Waals surface area (Å²) in [6.07, 6.45) is 0.428. The van der Waals surface area contributed by atoms with Crippen LogP contribution >= 0.6 is 0 Å². The Morgan fingerprint density at radius 1 is 1.39 bits per heavy atom. The molecule has 1 unspecified atom stereocenters. The van der Waals surface area contributed by atoms with Gasteiger partial charge in [-0.2, -0.15) is 5.26 Å². The highest BCUT2D eigenvalue weighted by atomic mass is 16.5. The lowest BCUT2D eigenvalue weighted by atomic mass is 10.2. The van der Waals surface area contributed by atoms with Gasteiger partial charge in [-0.25, -0.2) is 0 Å². The number of nitriles is 1. The molecule has 0 aliphatic carbocycles. The van der Waals surface area contributed by atoms with Gasteiger partial charge in [0.1, 0.15) is 12.4 Å². The Labute approximate surface area is 108 Å². The van der Waals surface area contributed by atoms with Crippen molar-refractivity contribution in [3.63, 3.8) is 0 Å². The van der Waals surface area contributed by atoms with Crippen molar-refractivity contribution in [3.8, 4) is 11.8 Å². The second-order valence-electron chi connectivity index (χ2n) is 4.34. The van der Waals surface area contributed by atoms with E-state index in [0.717, 1.165) is 17.9 Å². The normalized spacial score (nSPS) is 12.2. The molecule has 0 amide bonds. The summed E-state index contributed by atoms with van der Waals surface area (Å²) in [4.78, 5) is 2.05. The maximum atomic E-state index is 8.99. The molecule has 0 radical (unpaired) electrons. The lowest BCUT2D eigenvalue weighted by molar-refractivity contribution is 0.140. The van der Waals surface area contributed by atoms with Crippen molar-refractivity contribution < 1.29 is 9.84 Å². The minimum Gasteiger partial charge on any atom is -0.492 e. The van der Waals surface area contributed by atoms with Crippen molar-refractivity contribution in [1.82, 2.24) is 4.90 Å². The molecular formula is C14H20N2O2. The fourth-order valence-electron chi connectivity index (χ4n) is 1.46. The number of aliphatic hydroxyl groups excluding tert-OH is 1. The van der Waals surface area contributed by atoms with E-state index in [1.807, 2.05) is 43.1 Å². The van der Waals surface area contributed by atoms with Crippen LogP contribution in [0.15, 0.2) is 24.3 Å². The van der Waals surface area contributed by atoms with Gasteiger partial charge in [0, 0.05) is 12.6 Å². The van der Waals surface area contributed by atoms with Crippen molar-refractivity contribution >= 4 is 0 Å². The third-order valence-electron chi connectivity index (χ3n) is 2.94. The Hall–Kier alpha value is -1.57. The topological polar surface area (TPSA) is 56.5 Å². The zero-order valence-electron chi connectivity index (χ0n) is 11.0. The Balaban J connectivity index is 2.33. The lowest BCUT2D eigenvalue weighted by Crippen LogP contribution is -2.35. The first-order valence-electron chi connectivity index (χ1n) is 6.07. The molecule has 0 aliphatic heterocycles. The summed E-state index contributed by atoms with van der Waals surface area (Å²) in [5.74, 6) is 0.807. The summed E-state index contributed by atoms with van der Waals surface area (Å²) in [6, 6.07) is 9.81. The molecule has 4 heteroatoms. The number of aliphatic hydroxyl groups is 1. The van der Waals surface area contributed by atoms with Gasteiger partial charge in [-0.05, 0) is 31.7 Å². The van der Waals surface area contributed by atoms with E-state index in [4.69, 9.17) is 15.1 Å². The van der Waals surface area contributed by atoms with Gasteiger partial charge in [0.2, 0.25) is 0 Å². The van der Waals surface area contributed by atoms with E-state index in [2.05, 4.69) is 6.07 Å². The highest BCUT2D eigenvalue weighted by molar-refractivity contribution is 5.28. The molecule has 98 valence electrons. The number of ether oxygens (including phenoxy) is 1. The second kappa shape index (κ2) is 7.70. The molecule has 1 N–H and O–H groups in total. The fourth-order valence-corrected chi connectivity index (χ4v) is 1.46. The first-order chi connectivity index (χ1) is 8.67. The Bertz CT molecular complexity index is 384. The molecule has 1 rings (SSSR count). The molecule has 1 aromatic carbocycles. The highest BCUT2D eigenvalue weighted by Crippen LogP contribution is 2.12. The smallest absolute Gasteiger partial charge is 0.119 e. The van der Waals surface area contributed by atoms with Crippen LogP contribution in [0.3, 0.4) is 0 Å². The van der Waals surface area contributed by atoms with E-state index in [1.165, 1.54) is 0 Å². The van der Waals surface area contributed by atoms with E-state index < -0.39 is 0 Å². The van der Waals surface area contributed by atoms with Crippen LogP contribution in [0.1, 0.15) is 12.5 Å². The first kappa shape index (κ1) is 14.5. The number of nitrogens with zero attached hydrogens (tertiary/aromatic N) is 2. The predicted octanol–water partition coefficient (Wildman–Crippen LogP) is 1.44. The molecule has 18 heavy (non-hydrogen) atoms. The van der Waals surface area contributed by atoms with Crippen LogP contribution in [0.2, 0.25) is 0 Å². The van der Waals surface area contributed by atoms with E-state index in [1.54, 1.807) is 0 Å². The summed E-state index contributed by atoms with van der Waals surface area (Å²) in [5.41, 5.74) is 0.996. The Morgan fingerprint density at radius 2 is 2.06 bits per heavy atom. The zero-order valence-corrected chi connectivity index (χ0v) is 11.0. The third kappa shape index (κ3) is 4.74. The average Bonchev–Trinajstić information content (AvgIpc) is 2.40. The van der Waals surface area contributed by atoms with Crippen molar-refractivity contribution in [2.24, 2.45) is 0 Å². The van der Waals surface area contributed by atoms with Gasteiger partial charge < -0.3 is 9.84 Å². The van der Waals surface area contributed by atoms with Crippen LogP contribution in [0.25, 0.3) is 0 Å². The standard InChI is InChI=1S/C14H20N2O2/c1-12(11-17)16(2)9-10-18-14-5-3-13(4-6-14)7-8-15/h3-6,12,17H,7,9-11H2,1-2H3. The van der Waals surface area contributed by atoms with Crippen LogP contribution in [0, 0.1) is 11.3 Å². The number of rotatable bonds is 7. The monoisotopic (exact) mass is 248 g/mol. The van der Waals surface area contributed by atoms with Crippen molar-refractivity contribution in [2.75, 3.05) is 26.8 Å². The predicted molar refractivity (Wildman–Crippen MR) is 70.4 cm³/mol. The number of hydrogen-bond acceptors (Lipinski definition) is 4. The van der Waals surface area contributed by atoms with E-state index in [9.17, 15) is 0 Å². The van der Waals surface area contributed by atoms with Gasteiger partial charge >= 0.3 is 0 Å². The number of benzene rings is 1. The zero-order chi connectivity index (χ0) is 13.4. The van der Waals surface area contributed by atoms with Crippen LogP contribution in [0.5, 0.6) is 5.75 Å². The third-order valence-corrected chi connectivity index (χ3v) is 2.94. The number of hydrogen-bond donors (Lipinski definition) is 1. The molecule has 1 aromatic rings. The molecule has 0 heterocycles. The molecule has 0 bridgehead atoms. The lowest BCUT2D eigenvalue weighted by Gasteiger charge is -2.22. The van der Waals surface area contributed by atoms with Crippen molar-refractivity contribution in [2.45, 2.75) is 19.4 Å². The van der Waals surface area contributed by atoms with Gasteiger partial charge in [-0.1, -0.05) is 12.1 Å². The van der Waals surface area contributed by atoms with Crippen molar-refractivity contribution in [3.05, 3.63) is 29.8 Å². The first-order valence-corrected chi connectivity index (χ1v) is 6.07. The van der Waals surface area contributed by atoms with Crippen LogP contribution < -0.4 is 4.74 Å². The Morgan fingerprint density at radius 3 is 2.61 bits per heavy atom. The van der Waals surface area contributed by atoms with E-state index in [0.29, 0.717) is 13.0 Å². The quantitative estimate of drug-likeness (QED) is 0.793. The summed E-state index contributed by atoms with van der Waals surface area (Å²) >= 11 is 0. The molecule has 0 saturated carbocycles. The van der Waals surface area contributed by atoms with Gasteiger partial charge in [0.15, 0.2) is 0 Å². The SMILES string of the molecule is CC(CO)N(C)CCOc1ccc(CC#N)cc1. The second-order valence-corrected chi connectivity index (χ2v) is 4.34. The number of likely N-dealkylation sites (N-methyl/N-ethyl adjacent to an activating group) is 1. The molecular weight excluding hydrogens is 228 g/mol. The minimum absolute atomic E-state index is 0.145. The fraction of sp³-hybridized carbons (Fsp3) is 0.500. The van der Waals surface area contributed by atoms with Gasteiger partial charge in [0.05, 0.1) is 19.1 Å². The van der Waals surface area contributed by atoms with Gasteiger partial charge in [-0.3, -0.25) is 4.90 Å². The summed E-state index contributed by atoms with van der Waals surface area (Å²) < 4.78 is 5.60. The largest absolute Gasteiger partial charge is 0.492 e. The molecule has 0 fully saturated rings. The minimum atomic E-state index is 0.145. The molecule has 0 aromatic heterocycles. The van der Waals surface area contributed by atoms with Gasteiger partial charge in [0.25, 0.3) is 0 Å². The van der Waals surface area contributed by atoms with E-state index in [-0.39, 0.29) is 12.6 Å². The average molecular weight is 248 g/mol. The van der Waals surface area contributed by atoms with Crippen molar-refractivity contribution in [1.29, 1.82) is 5.26 Å². The summed E-state index contributed by atoms with van der Waals surface area (Å²) in [7, 11) is 1.96. The molecule has 1 atom stereocenters. The molecule has 0 saturated heterocycles. The van der Waals surface area contributed by atoms with Crippen LogP contribution in [0.4, 0.5) is 0 Å². The maximum Gasteiger partial charge on any atom is 0.119 e. The van der Waals surface area contributed by atoms with E-state index >= 15 is 0 Å². The molecule has 4 nitrogen and oxygen atoms in total. The Kier molecular flexibility index (Phi) is 6.20.